The average Bonchev–Trinajstić information content (AvgIpc) is 3.26. The summed E-state index contributed by atoms with van der Waals surface area (Å²) in [6.07, 6.45) is 3.29. The Morgan fingerprint density at radius 3 is 2.75 bits per heavy atom. The molecule has 0 unspecified atom stereocenters. The molecule has 0 radical (unpaired) electrons. The van der Waals surface area contributed by atoms with Crippen LogP contribution in [0.2, 0.25) is 0 Å². The van der Waals surface area contributed by atoms with Gasteiger partial charge in [0.15, 0.2) is 0 Å². The molecule has 138 valence electrons. The standard InChI is InChI=1S/C20H14F2N6/c1-28-9-12(18-26-15-4-2-3-5-16(15)27-18)17-19(23-10-24-20(17)28)25-14-7-6-11(21)8-13(14)22/h2-10H,1H3,(H,26,27)(H,23,24,25). The van der Waals surface area contributed by atoms with Crippen molar-refractivity contribution < 1.29 is 8.78 Å². The number of aryl methyl sites for hydroxylation is 1. The molecule has 3 heterocycles. The third-order valence-electron chi connectivity index (χ3n) is 4.58. The van der Waals surface area contributed by atoms with Gasteiger partial charge in [0, 0.05) is 24.9 Å². The van der Waals surface area contributed by atoms with Gasteiger partial charge in [-0.05, 0) is 24.3 Å². The number of fused-ring (bicyclic) bond motifs is 2. The highest BCUT2D eigenvalue weighted by atomic mass is 19.1. The number of imidazole rings is 1. The van der Waals surface area contributed by atoms with Gasteiger partial charge in [0.05, 0.1) is 22.1 Å². The summed E-state index contributed by atoms with van der Waals surface area (Å²) in [6.45, 7) is 0. The summed E-state index contributed by atoms with van der Waals surface area (Å²) < 4.78 is 29.2. The summed E-state index contributed by atoms with van der Waals surface area (Å²) in [5.74, 6) is -0.276. The van der Waals surface area contributed by atoms with Gasteiger partial charge in [0.1, 0.15) is 35.3 Å². The second-order valence-electron chi connectivity index (χ2n) is 6.43. The van der Waals surface area contributed by atoms with Crippen molar-refractivity contribution >= 4 is 33.6 Å². The molecule has 2 N–H and O–H groups in total. The van der Waals surface area contributed by atoms with Crippen LogP contribution in [0.25, 0.3) is 33.5 Å². The van der Waals surface area contributed by atoms with Crippen molar-refractivity contribution in [2.75, 3.05) is 5.32 Å². The fourth-order valence-corrected chi connectivity index (χ4v) is 3.28. The van der Waals surface area contributed by atoms with E-state index in [9.17, 15) is 8.78 Å². The van der Waals surface area contributed by atoms with Crippen molar-refractivity contribution in [1.82, 2.24) is 24.5 Å². The highest BCUT2D eigenvalue weighted by molar-refractivity contribution is 6.01. The number of nitrogens with one attached hydrogen (secondary N) is 2. The van der Waals surface area contributed by atoms with E-state index in [-0.39, 0.29) is 5.69 Å². The SMILES string of the molecule is Cn1cc(-c2nc3ccccc3[nH]2)c2c(Nc3ccc(F)cc3F)ncnc21. The van der Waals surface area contributed by atoms with E-state index in [1.54, 1.807) is 0 Å². The van der Waals surface area contributed by atoms with Gasteiger partial charge in [-0.2, -0.15) is 0 Å². The fourth-order valence-electron chi connectivity index (χ4n) is 3.28. The number of H-pyrrole nitrogens is 1. The van der Waals surface area contributed by atoms with E-state index >= 15 is 0 Å². The number of hydrogen-bond acceptors (Lipinski definition) is 4. The number of anilines is 2. The van der Waals surface area contributed by atoms with Crippen molar-refractivity contribution in [3.05, 3.63) is 66.6 Å². The first-order chi connectivity index (χ1) is 13.6. The molecule has 0 fully saturated rings. The van der Waals surface area contributed by atoms with Gasteiger partial charge >= 0.3 is 0 Å². The van der Waals surface area contributed by atoms with E-state index in [0.717, 1.165) is 22.7 Å². The molecule has 28 heavy (non-hydrogen) atoms. The highest BCUT2D eigenvalue weighted by Gasteiger charge is 2.18. The van der Waals surface area contributed by atoms with E-state index in [1.807, 2.05) is 42.1 Å². The smallest absolute Gasteiger partial charge is 0.149 e. The van der Waals surface area contributed by atoms with Crippen LogP contribution in [0, 0.1) is 11.6 Å². The van der Waals surface area contributed by atoms with E-state index in [4.69, 9.17) is 0 Å². The molecule has 0 spiro atoms. The quantitative estimate of drug-likeness (QED) is 0.485. The van der Waals surface area contributed by atoms with Crippen LogP contribution >= 0.6 is 0 Å². The minimum Gasteiger partial charge on any atom is -0.338 e. The number of benzene rings is 2. The number of rotatable bonds is 3. The lowest BCUT2D eigenvalue weighted by Crippen LogP contribution is -1.99. The van der Waals surface area contributed by atoms with Crippen molar-refractivity contribution in [3.63, 3.8) is 0 Å². The van der Waals surface area contributed by atoms with Gasteiger partial charge < -0.3 is 14.9 Å². The third-order valence-corrected chi connectivity index (χ3v) is 4.58. The minimum atomic E-state index is -0.701. The van der Waals surface area contributed by atoms with E-state index in [2.05, 4.69) is 25.3 Å². The van der Waals surface area contributed by atoms with E-state index in [0.29, 0.717) is 22.7 Å². The summed E-state index contributed by atoms with van der Waals surface area (Å²) in [6, 6.07) is 11.1. The van der Waals surface area contributed by atoms with Gasteiger partial charge in [0.2, 0.25) is 0 Å². The summed E-state index contributed by atoms with van der Waals surface area (Å²) in [4.78, 5) is 16.6. The molecule has 3 aromatic heterocycles. The van der Waals surface area contributed by atoms with Gasteiger partial charge in [-0.3, -0.25) is 0 Å². The Kier molecular flexibility index (Phi) is 3.58. The Labute approximate surface area is 157 Å². The van der Waals surface area contributed by atoms with Crippen molar-refractivity contribution in [2.24, 2.45) is 7.05 Å². The molecular weight excluding hydrogens is 362 g/mol. The zero-order valence-electron chi connectivity index (χ0n) is 14.7. The first kappa shape index (κ1) is 16.4. The van der Waals surface area contributed by atoms with Crippen LogP contribution in [0.15, 0.2) is 55.0 Å². The normalized spacial score (nSPS) is 11.4. The first-order valence-electron chi connectivity index (χ1n) is 8.57. The lowest BCUT2D eigenvalue weighted by molar-refractivity contribution is 0.586. The Bertz CT molecular complexity index is 1300. The summed E-state index contributed by atoms with van der Waals surface area (Å²) in [5, 5.41) is 3.64. The molecule has 0 aliphatic heterocycles. The molecule has 0 saturated heterocycles. The zero-order valence-corrected chi connectivity index (χ0v) is 14.7. The fraction of sp³-hybridized carbons (Fsp3) is 0.0500. The largest absolute Gasteiger partial charge is 0.338 e. The maximum Gasteiger partial charge on any atom is 0.149 e. The van der Waals surface area contributed by atoms with Crippen molar-refractivity contribution in [3.8, 4) is 11.4 Å². The second-order valence-corrected chi connectivity index (χ2v) is 6.43. The summed E-state index contributed by atoms with van der Waals surface area (Å²) >= 11 is 0. The number of hydrogen-bond donors (Lipinski definition) is 2. The number of halogens is 2. The van der Waals surface area contributed by atoms with Crippen LogP contribution in [-0.2, 0) is 7.05 Å². The van der Waals surface area contributed by atoms with Gasteiger partial charge in [-0.15, -0.1) is 0 Å². The number of nitrogens with zero attached hydrogens (tertiary/aromatic N) is 4. The maximum atomic E-state index is 14.1. The van der Waals surface area contributed by atoms with Crippen molar-refractivity contribution in [1.29, 1.82) is 0 Å². The molecule has 2 aromatic carbocycles. The van der Waals surface area contributed by atoms with E-state index in [1.165, 1.54) is 18.5 Å². The van der Waals surface area contributed by atoms with Crippen LogP contribution in [0.1, 0.15) is 0 Å². The summed E-state index contributed by atoms with van der Waals surface area (Å²) in [7, 11) is 1.86. The molecule has 0 amide bonds. The maximum absolute atomic E-state index is 14.1. The van der Waals surface area contributed by atoms with Crippen LogP contribution in [0.3, 0.4) is 0 Å². The van der Waals surface area contributed by atoms with Gasteiger partial charge in [0.25, 0.3) is 0 Å². The van der Waals surface area contributed by atoms with Crippen LogP contribution in [0.5, 0.6) is 0 Å². The molecule has 0 aliphatic rings. The second kappa shape index (κ2) is 6.12. The monoisotopic (exact) mass is 376 g/mol. The molecule has 8 heteroatoms. The van der Waals surface area contributed by atoms with Crippen molar-refractivity contribution in [2.45, 2.75) is 0 Å². The molecule has 5 rings (SSSR count). The van der Waals surface area contributed by atoms with E-state index < -0.39 is 11.6 Å². The van der Waals surface area contributed by atoms with Crippen LogP contribution in [-0.4, -0.2) is 24.5 Å². The third kappa shape index (κ3) is 2.58. The van der Waals surface area contributed by atoms with Gasteiger partial charge in [-0.1, -0.05) is 12.1 Å². The Morgan fingerprint density at radius 2 is 1.93 bits per heavy atom. The Morgan fingerprint density at radius 1 is 1.07 bits per heavy atom. The minimum absolute atomic E-state index is 0.126. The van der Waals surface area contributed by atoms with Crippen LogP contribution < -0.4 is 5.32 Å². The molecule has 0 aliphatic carbocycles. The molecule has 0 saturated carbocycles. The predicted octanol–water partition coefficient (Wildman–Crippen LogP) is 4.53. The number of aromatic amines is 1. The molecule has 6 nitrogen and oxygen atoms in total. The Balaban J connectivity index is 1.70. The number of para-hydroxylation sites is 2. The predicted molar refractivity (Wildman–Crippen MR) is 103 cm³/mol. The molecule has 5 aromatic rings. The van der Waals surface area contributed by atoms with Crippen LogP contribution in [0.4, 0.5) is 20.3 Å². The lowest BCUT2D eigenvalue weighted by Gasteiger charge is -2.08. The summed E-state index contributed by atoms with van der Waals surface area (Å²) in [5.41, 5.74) is 3.31. The average molecular weight is 376 g/mol. The molecular formula is C20H14F2N6. The topological polar surface area (TPSA) is 71.4 Å². The lowest BCUT2D eigenvalue weighted by atomic mass is 10.2. The van der Waals surface area contributed by atoms with Gasteiger partial charge in [-0.25, -0.2) is 23.7 Å². The Hall–Kier alpha value is -3.81. The zero-order chi connectivity index (χ0) is 19.3. The highest BCUT2D eigenvalue weighted by Crippen LogP contribution is 2.34. The molecule has 0 atom stereocenters. The molecule has 0 bridgehead atoms. The number of aromatic nitrogens is 5. The first-order valence-corrected chi connectivity index (χ1v) is 8.57.